The van der Waals surface area contributed by atoms with E-state index in [4.69, 9.17) is 33.2 Å². The van der Waals surface area contributed by atoms with Gasteiger partial charge in [-0.2, -0.15) is 0 Å². The summed E-state index contributed by atoms with van der Waals surface area (Å²) in [5, 5.41) is 3.01. The monoisotopic (exact) mass is 465 g/mol. The van der Waals surface area contributed by atoms with Crippen molar-refractivity contribution in [2.45, 2.75) is 39.5 Å². The summed E-state index contributed by atoms with van der Waals surface area (Å²) in [7, 11) is 1.89. The van der Waals surface area contributed by atoms with Crippen molar-refractivity contribution >= 4 is 5.97 Å². The van der Waals surface area contributed by atoms with Crippen molar-refractivity contribution in [2.24, 2.45) is 5.92 Å². The predicted octanol–water partition coefficient (Wildman–Crippen LogP) is 2.07. The van der Waals surface area contributed by atoms with E-state index in [1.54, 1.807) is 0 Å². The molecule has 9 heteroatoms. The van der Waals surface area contributed by atoms with E-state index in [1.807, 2.05) is 14.0 Å². The number of likely N-dealkylation sites (N-methyl/N-ethyl adjacent to an activating group) is 1. The van der Waals surface area contributed by atoms with Gasteiger partial charge in [0, 0.05) is 6.54 Å². The smallest absolute Gasteiger partial charge is 0.308 e. The summed E-state index contributed by atoms with van der Waals surface area (Å²) < 4.78 is 37.7. The molecule has 1 N–H and O–H groups in total. The van der Waals surface area contributed by atoms with E-state index < -0.39 is 0 Å². The minimum Gasteiger partial charge on any atom is -0.463 e. The van der Waals surface area contributed by atoms with Crippen LogP contribution < -0.4 is 5.32 Å². The Bertz CT molecular complexity index is 387. The lowest BCUT2D eigenvalue weighted by Gasteiger charge is -2.13. The van der Waals surface area contributed by atoms with Crippen molar-refractivity contribution in [3.05, 3.63) is 0 Å². The van der Waals surface area contributed by atoms with Gasteiger partial charge in [0.1, 0.15) is 6.61 Å². The molecule has 9 nitrogen and oxygen atoms in total. The fraction of sp³-hybridized carbons (Fsp3) is 0.957. The molecule has 32 heavy (non-hydrogen) atoms. The molecule has 0 aromatic rings. The zero-order valence-electron chi connectivity index (χ0n) is 20.6. The van der Waals surface area contributed by atoms with Crippen molar-refractivity contribution in [3.8, 4) is 0 Å². The Morgan fingerprint density at radius 2 is 1.06 bits per heavy atom. The Kier molecular flexibility index (Phi) is 25.8. The van der Waals surface area contributed by atoms with Crippen LogP contribution in [0.15, 0.2) is 0 Å². The topological polar surface area (TPSA) is 93.7 Å². The van der Waals surface area contributed by atoms with Gasteiger partial charge < -0.3 is 38.5 Å². The molecule has 1 atom stereocenters. The van der Waals surface area contributed by atoms with Crippen molar-refractivity contribution in [1.29, 1.82) is 0 Å². The van der Waals surface area contributed by atoms with Crippen LogP contribution in [0.1, 0.15) is 39.5 Å². The van der Waals surface area contributed by atoms with Gasteiger partial charge in [-0.15, -0.1) is 0 Å². The van der Waals surface area contributed by atoms with Gasteiger partial charge in [0.05, 0.1) is 85.2 Å². The summed E-state index contributed by atoms with van der Waals surface area (Å²) >= 11 is 0. The number of carbonyl (C=O) groups is 1. The van der Waals surface area contributed by atoms with Crippen LogP contribution in [0.5, 0.6) is 0 Å². The zero-order chi connectivity index (χ0) is 23.5. The maximum Gasteiger partial charge on any atom is 0.308 e. The summed E-state index contributed by atoms with van der Waals surface area (Å²) in [6, 6.07) is 0. The number of rotatable bonds is 26. The van der Waals surface area contributed by atoms with Crippen LogP contribution in [-0.2, 0) is 38.0 Å². The Labute approximate surface area is 194 Å². The SMILES string of the molecule is CCCCC(CC)C(=O)OCCOCCOCCOCCOCCOCCOCCNC. The molecule has 192 valence electrons. The third-order valence-electron chi connectivity index (χ3n) is 4.56. The Balaban J connectivity index is 3.20. The molecule has 0 amide bonds. The van der Waals surface area contributed by atoms with E-state index in [0.717, 1.165) is 32.2 Å². The highest BCUT2D eigenvalue weighted by Gasteiger charge is 2.16. The van der Waals surface area contributed by atoms with Crippen LogP contribution in [0.3, 0.4) is 0 Å². The van der Waals surface area contributed by atoms with Crippen LogP contribution in [0.25, 0.3) is 0 Å². The first kappa shape index (κ1) is 31.2. The zero-order valence-corrected chi connectivity index (χ0v) is 20.6. The Hall–Kier alpha value is -0.810. The van der Waals surface area contributed by atoms with E-state index in [2.05, 4.69) is 12.2 Å². The minimum absolute atomic E-state index is 0.00958. The van der Waals surface area contributed by atoms with E-state index >= 15 is 0 Å². The largest absolute Gasteiger partial charge is 0.463 e. The third-order valence-corrected chi connectivity index (χ3v) is 4.56. The van der Waals surface area contributed by atoms with Crippen LogP contribution in [0.2, 0.25) is 0 Å². The van der Waals surface area contributed by atoms with Crippen LogP contribution in [-0.4, -0.2) is 105 Å². The molecule has 0 saturated heterocycles. The van der Waals surface area contributed by atoms with Crippen molar-refractivity contribution in [3.63, 3.8) is 0 Å². The second-order valence-corrected chi connectivity index (χ2v) is 7.19. The minimum atomic E-state index is -0.111. The second-order valence-electron chi connectivity index (χ2n) is 7.19. The van der Waals surface area contributed by atoms with Gasteiger partial charge in [0.2, 0.25) is 0 Å². The van der Waals surface area contributed by atoms with Gasteiger partial charge in [0.15, 0.2) is 0 Å². The molecule has 0 aliphatic carbocycles. The molecule has 0 spiro atoms. The van der Waals surface area contributed by atoms with E-state index in [-0.39, 0.29) is 11.9 Å². The average Bonchev–Trinajstić information content (AvgIpc) is 2.80. The summed E-state index contributed by atoms with van der Waals surface area (Å²) in [6.45, 7) is 11.7. The van der Waals surface area contributed by atoms with Gasteiger partial charge in [-0.25, -0.2) is 0 Å². The van der Waals surface area contributed by atoms with Gasteiger partial charge in [0.25, 0.3) is 0 Å². The van der Waals surface area contributed by atoms with Crippen LogP contribution >= 0.6 is 0 Å². The number of unbranched alkanes of at least 4 members (excludes halogenated alkanes) is 1. The summed E-state index contributed by atoms with van der Waals surface area (Å²) in [5.41, 5.74) is 0. The summed E-state index contributed by atoms with van der Waals surface area (Å²) in [4.78, 5) is 11.9. The molecule has 0 fully saturated rings. The number of ether oxygens (including phenoxy) is 7. The fourth-order valence-corrected chi connectivity index (χ4v) is 2.63. The number of esters is 1. The molecule has 0 aromatic carbocycles. The molecule has 0 aliphatic rings. The van der Waals surface area contributed by atoms with Crippen LogP contribution in [0.4, 0.5) is 0 Å². The van der Waals surface area contributed by atoms with Crippen molar-refractivity contribution < 1.29 is 38.0 Å². The van der Waals surface area contributed by atoms with Crippen molar-refractivity contribution in [2.75, 3.05) is 99.5 Å². The number of hydrogen-bond donors (Lipinski definition) is 1. The molecule has 0 aliphatic heterocycles. The molecular formula is C23H47NO8. The standard InChI is InChI=1S/C23H47NO8/c1-4-6-7-22(5-2)23(25)32-21-20-31-19-18-30-17-16-29-15-14-28-13-12-27-11-10-26-9-8-24-3/h22,24H,4-21H2,1-3H3. The predicted molar refractivity (Wildman–Crippen MR) is 123 cm³/mol. The highest BCUT2D eigenvalue weighted by molar-refractivity contribution is 5.72. The third kappa shape index (κ3) is 22.4. The lowest BCUT2D eigenvalue weighted by Crippen LogP contribution is -2.20. The van der Waals surface area contributed by atoms with Crippen LogP contribution in [0, 0.1) is 5.92 Å². The highest BCUT2D eigenvalue weighted by atomic mass is 16.6. The summed E-state index contributed by atoms with van der Waals surface area (Å²) in [6.07, 6.45) is 3.87. The lowest BCUT2D eigenvalue weighted by molar-refractivity contribution is -0.150. The Morgan fingerprint density at radius 1 is 0.656 bits per heavy atom. The molecule has 0 rings (SSSR count). The molecule has 0 aromatic heterocycles. The number of nitrogens with one attached hydrogen (secondary N) is 1. The molecule has 1 unspecified atom stereocenters. The van der Waals surface area contributed by atoms with E-state index in [0.29, 0.717) is 85.9 Å². The first-order chi connectivity index (χ1) is 15.8. The van der Waals surface area contributed by atoms with Gasteiger partial charge in [-0.1, -0.05) is 26.7 Å². The number of carbonyl (C=O) groups excluding carboxylic acids is 1. The molecule has 0 bridgehead atoms. The maximum atomic E-state index is 11.9. The fourth-order valence-electron chi connectivity index (χ4n) is 2.63. The van der Waals surface area contributed by atoms with Gasteiger partial charge >= 0.3 is 5.97 Å². The first-order valence-corrected chi connectivity index (χ1v) is 12.0. The van der Waals surface area contributed by atoms with Gasteiger partial charge in [-0.05, 0) is 19.9 Å². The van der Waals surface area contributed by atoms with Crippen molar-refractivity contribution in [1.82, 2.24) is 5.32 Å². The quantitative estimate of drug-likeness (QED) is 0.152. The molecule has 0 radical (unpaired) electrons. The molecule has 0 heterocycles. The first-order valence-electron chi connectivity index (χ1n) is 12.0. The second kappa shape index (κ2) is 26.4. The lowest BCUT2D eigenvalue weighted by atomic mass is 10.00. The Morgan fingerprint density at radius 3 is 1.44 bits per heavy atom. The van der Waals surface area contributed by atoms with E-state index in [9.17, 15) is 4.79 Å². The molecular weight excluding hydrogens is 418 g/mol. The summed E-state index contributed by atoms with van der Waals surface area (Å²) in [5.74, 6) is -0.102. The average molecular weight is 466 g/mol. The molecule has 0 saturated carbocycles. The van der Waals surface area contributed by atoms with E-state index in [1.165, 1.54) is 0 Å². The van der Waals surface area contributed by atoms with Gasteiger partial charge in [-0.3, -0.25) is 4.79 Å². The number of hydrogen-bond acceptors (Lipinski definition) is 9. The highest BCUT2D eigenvalue weighted by Crippen LogP contribution is 2.14. The maximum absolute atomic E-state index is 11.9. The normalized spacial score (nSPS) is 12.2.